The van der Waals surface area contributed by atoms with E-state index in [1.807, 2.05) is 0 Å². The van der Waals surface area contributed by atoms with Gasteiger partial charge in [-0.3, -0.25) is 19.8 Å². The minimum atomic E-state index is -4.68. The molecule has 1 fully saturated rings. The molecule has 0 radical (unpaired) electrons. The van der Waals surface area contributed by atoms with Gasteiger partial charge < -0.3 is 0 Å². The van der Waals surface area contributed by atoms with Gasteiger partial charge in [-0.05, 0) is 36.5 Å². The van der Waals surface area contributed by atoms with E-state index in [0.29, 0.717) is 18.2 Å². The number of halogens is 4. The van der Waals surface area contributed by atoms with Gasteiger partial charge in [-0.15, -0.1) is 6.58 Å². The standard InChI is InChI=1S/C15H10F4N2O2S/c1-2-5-21-13(23)10(12(22)20-14(21)24)7-8-6-9(15(17,18)19)3-4-11(8)16/h2-4,6-7H,1,5H2,(H,20,22,24). The van der Waals surface area contributed by atoms with Gasteiger partial charge in [0.25, 0.3) is 11.8 Å². The third kappa shape index (κ3) is 3.51. The lowest BCUT2D eigenvalue weighted by Crippen LogP contribution is -2.53. The highest BCUT2D eigenvalue weighted by Crippen LogP contribution is 2.31. The molecule has 0 spiro atoms. The summed E-state index contributed by atoms with van der Waals surface area (Å²) in [6, 6.07) is 1.71. The Balaban J connectivity index is 2.49. The van der Waals surface area contributed by atoms with E-state index in [1.54, 1.807) is 0 Å². The first-order valence-electron chi connectivity index (χ1n) is 6.51. The zero-order chi connectivity index (χ0) is 18.1. The van der Waals surface area contributed by atoms with E-state index in [-0.39, 0.29) is 11.7 Å². The Kier molecular flexibility index (Phi) is 4.83. The Labute approximate surface area is 139 Å². The van der Waals surface area contributed by atoms with Crippen molar-refractivity contribution in [2.45, 2.75) is 6.18 Å². The first kappa shape index (κ1) is 17.8. The number of thiocarbonyl (C=S) groups is 1. The zero-order valence-corrected chi connectivity index (χ0v) is 12.8. The van der Waals surface area contributed by atoms with Crippen LogP contribution in [0.2, 0.25) is 0 Å². The van der Waals surface area contributed by atoms with Gasteiger partial charge in [0.2, 0.25) is 0 Å². The number of carbonyl (C=O) groups excluding carboxylic acids is 2. The molecule has 126 valence electrons. The lowest BCUT2D eigenvalue weighted by atomic mass is 10.0. The van der Waals surface area contributed by atoms with Crippen LogP contribution in [0.3, 0.4) is 0 Å². The van der Waals surface area contributed by atoms with Crippen LogP contribution in [0.4, 0.5) is 17.6 Å². The molecular weight excluding hydrogens is 348 g/mol. The smallest absolute Gasteiger partial charge is 0.298 e. The monoisotopic (exact) mass is 358 g/mol. The second-order valence-electron chi connectivity index (χ2n) is 4.76. The molecule has 4 nitrogen and oxygen atoms in total. The topological polar surface area (TPSA) is 49.4 Å². The van der Waals surface area contributed by atoms with E-state index in [4.69, 9.17) is 12.2 Å². The Morgan fingerprint density at radius 1 is 1.29 bits per heavy atom. The Morgan fingerprint density at radius 2 is 1.96 bits per heavy atom. The van der Waals surface area contributed by atoms with Crippen LogP contribution in [0, 0.1) is 5.82 Å². The molecule has 1 saturated heterocycles. The largest absolute Gasteiger partial charge is 0.416 e. The highest BCUT2D eigenvalue weighted by molar-refractivity contribution is 7.80. The van der Waals surface area contributed by atoms with Crippen molar-refractivity contribution in [3.63, 3.8) is 0 Å². The minimum absolute atomic E-state index is 0.0135. The summed E-state index contributed by atoms with van der Waals surface area (Å²) in [5.74, 6) is -2.76. The molecule has 0 aliphatic carbocycles. The number of nitrogens with zero attached hydrogens (tertiary/aromatic N) is 1. The van der Waals surface area contributed by atoms with E-state index in [0.717, 1.165) is 11.0 Å². The number of benzene rings is 1. The second kappa shape index (κ2) is 6.52. The van der Waals surface area contributed by atoms with Crippen molar-refractivity contribution in [2.24, 2.45) is 0 Å². The third-order valence-electron chi connectivity index (χ3n) is 3.12. The second-order valence-corrected chi connectivity index (χ2v) is 5.14. The lowest BCUT2D eigenvalue weighted by molar-refractivity contribution is -0.137. The van der Waals surface area contributed by atoms with Gasteiger partial charge in [-0.25, -0.2) is 4.39 Å². The fourth-order valence-corrected chi connectivity index (χ4v) is 2.23. The van der Waals surface area contributed by atoms with Gasteiger partial charge in [0.1, 0.15) is 11.4 Å². The number of alkyl halides is 3. The average Bonchev–Trinajstić information content (AvgIpc) is 2.48. The van der Waals surface area contributed by atoms with Gasteiger partial charge >= 0.3 is 6.18 Å². The van der Waals surface area contributed by atoms with Crippen molar-refractivity contribution < 1.29 is 27.2 Å². The number of amides is 2. The van der Waals surface area contributed by atoms with Crippen LogP contribution >= 0.6 is 12.2 Å². The van der Waals surface area contributed by atoms with Gasteiger partial charge in [0.05, 0.1) is 5.56 Å². The molecule has 1 aromatic carbocycles. The van der Waals surface area contributed by atoms with Crippen LogP contribution in [0.5, 0.6) is 0 Å². The first-order valence-corrected chi connectivity index (χ1v) is 6.92. The number of hydrogen-bond donors (Lipinski definition) is 1. The minimum Gasteiger partial charge on any atom is -0.298 e. The summed E-state index contributed by atoms with van der Waals surface area (Å²) in [7, 11) is 0. The van der Waals surface area contributed by atoms with Gasteiger partial charge in [-0.2, -0.15) is 13.2 Å². The molecule has 24 heavy (non-hydrogen) atoms. The third-order valence-corrected chi connectivity index (χ3v) is 3.44. The molecule has 0 bridgehead atoms. The summed E-state index contributed by atoms with van der Waals surface area (Å²) < 4.78 is 51.9. The SMILES string of the molecule is C=CCN1C(=O)C(=Cc2cc(C(F)(F)F)ccc2F)C(=O)NC1=S. The van der Waals surface area contributed by atoms with Crippen LogP contribution in [-0.2, 0) is 15.8 Å². The Hall–Kier alpha value is -2.55. The molecule has 1 N–H and O–H groups in total. The summed E-state index contributed by atoms with van der Waals surface area (Å²) in [5.41, 5.74) is -2.16. The van der Waals surface area contributed by atoms with Gasteiger partial charge in [0, 0.05) is 12.1 Å². The fraction of sp³-hybridized carbons (Fsp3) is 0.133. The van der Waals surface area contributed by atoms with Crippen LogP contribution < -0.4 is 5.32 Å². The maximum atomic E-state index is 13.8. The summed E-state index contributed by atoms with van der Waals surface area (Å²) in [5, 5.41) is 2.06. The van der Waals surface area contributed by atoms with Crippen molar-refractivity contribution in [2.75, 3.05) is 6.54 Å². The molecule has 0 unspecified atom stereocenters. The normalized spacial score (nSPS) is 17.2. The van der Waals surface area contributed by atoms with Crippen LogP contribution in [0.25, 0.3) is 6.08 Å². The zero-order valence-electron chi connectivity index (χ0n) is 12.0. The van der Waals surface area contributed by atoms with E-state index >= 15 is 0 Å². The summed E-state index contributed by atoms with van der Waals surface area (Å²) in [6.07, 6.45) is -2.57. The molecule has 1 heterocycles. The molecule has 0 saturated carbocycles. The fourth-order valence-electron chi connectivity index (χ4n) is 1.98. The molecule has 1 aromatic rings. The van der Waals surface area contributed by atoms with Crippen molar-refractivity contribution in [3.05, 3.63) is 53.4 Å². The van der Waals surface area contributed by atoms with E-state index in [2.05, 4.69) is 11.9 Å². The van der Waals surface area contributed by atoms with Gasteiger partial charge in [-0.1, -0.05) is 6.08 Å². The molecule has 0 aromatic heterocycles. The Morgan fingerprint density at radius 3 is 2.54 bits per heavy atom. The first-order chi connectivity index (χ1) is 11.1. The average molecular weight is 358 g/mol. The molecule has 1 aliphatic rings. The maximum Gasteiger partial charge on any atom is 0.416 e. The Bertz CT molecular complexity index is 771. The predicted octanol–water partition coefficient (Wildman–Crippen LogP) is 2.66. The molecule has 2 amide bonds. The van der Waals surface area contributed by atoms with Crippen LogP contribution in [0.1, 0.15) is 11.1 Å². The summed E-state index contributed by atoms with van der Waals surface area (Å²) in [6.45, 7) is 3.42. The van der Waals surface area contributed by atoms with E-state index in [1.165, 1.54) is 6.08 Å². The number of rotatable bonds is 3. The highest BCUT2D eigenvalue weighted by atomic mass is 32.1. The number of hydrogen-bond acceptors (Lipinski definition) is 3. The van der Waals surface area contributed by atoms with Crippen molar-refractivity contribution >= 4 is 35.2 Å². The highest BCUT2D eigenvalue weighted by Gasteiger charge is 2.34. The van der Waals surface area contributed by atoms with Crippen LogP contribution in [0.15, 0.2) is 36.4 Å². The van der Waals surface area contributed by atoms with E-state index in [9.17, 15) is 27.2 Å². The predicted molar refractivity (Wildman–Crippen MR) is 82.0 cm³/mol. The molecule has 0 atom stereocenters. The lowest BCUT2D eigenvalue weighted by Gasteiger charge is -2.27. The van der Waals surface area contributed by atoms with Crippen LogP contribution in [-0.4, -0.2) is 28.4 Å². The summed E-state index contributed by atoms with van der Waals surface area (Å²) >= 11 is 4.83. The number of carbonyl (C=O) groups is 2. The maximum absolute atomic E-state index is 13.8. The molecule has 9 heteroatoms. The molecule has 2 rings (SSSR count). The van der Waals surface area contributed by atoms with E-state index < -0.39 is 40.5 Å². The van der Waals surface area contributed by atoms with Crippen molar-refractivity contribution in [1.29, 1.82) is 0 Å². The number of nitrogens with one attached hydrogen (secondary N) is 1. The summed E-state index contributed by atoms with van der Waals surface area (Å²) in [4.78, 5) is 25.1. The van der Waals surface area contributed by atoms with Crippen molar-refractivity contribution in [3.8, 4) is 0 Å². The van der Waals surface area contributed by atoms with Crippen molar-refractivity contribution in [1.82, 2.24) is 10.2 Å². The molecule has 1 aliphatic heterocycles. The van der Waals surface area contributed by atoms with Gasteiger partial charge in [0.15, 0.2) is 5.11 Å². The quantitative estimate of drug-likeness (QED) is 0.297. The molecular formula is C15H10F4N2O2S.